The van der Waals surface area contributed by atoms with Gasteiger partial charge in [-0.3, -0.25) is 0 Å². The molecule has 1 aromatic heterocycles. The Morgan fingerprint density at radius 3 is 2.88 bits per heavy atom. The van der Waals surface area contributed by atoms with Crippen LogP contribution in [0.4, 0.5) is 10.5 Å². The molecule has 5 heteroatoms. The van der Waals surface area contributed by atoms with Crippen molar-refractivity contribution in [3.05, 3.63) is 65.9 Å². The molecule has 1 saturated heterocycles. The third-order valence-electron chi connectivity index (χ3n) is 4.92. The molecule has 0 bridgehead atoms. The van der Waals surface area contributed by atoms with Crippen molar-refractivity contribution in [3.63, 3.8) is 0 Å². The Labute approximate surface area is 153 Å². The predicted molar refractivity (Wildman–Crippen MR) is 103 cm³/mol. The number of aromatic nitrogens is 1. The first-order valence-electron chi connectivity index (χ1n) is 9.06. The number of H-pyrrole nitrogens is 1. The number of nitrogens with zero attached hydrogens (tertiary/aromatic N) is 1. The Balaban J connectivity index is 1.43. The van der Waals surface area contributed by atoms with Gasteiger partial charge in [0.15, 0.2) is 0 Å². The van der Waals surface area contributed by atoms with Crippen molar-refractivity contribution >= 4 is 22.6 Å². The normalized spacial score (nSPS) is 17.4. The summed E-state index contributed by atoms with van der Waals surface area (Å²) < 4.78 is 5.89. The van der Waals surface area contributed by atoms with Crippen LogP contribution in [-0.2, 0) is 11.2 Å². The minimum absolute atomic E-state index is 0.0763. The Morgan fingerprint density at radius 2 is 2.08 bits per heavy atom. The van der Waals surface area contributed by atoms with Crippen molar-refractivity contribution in [2.45, 2.75) is 19.4 Å². The van der Waals surface area contributed by atoms with Crippen molar-refractivity contribution in [2.75, 3.05) is 25.0 Å². The number of amides is 2. The Morgan fingerprint density at radius 1 is 1.23 bits per heavy atom. The van der Waals surface area contributed by atoms with Crippen LogP contribution in [0.5, 0.6) is 0 Å². The molecule has 3 aromatic rings. The second-order valence-corrected chi connectivity index (χ2v) is 6.61. The fraction of sp³-hybridized carbons (Fsp3) is 0.286. The van der Waals surface area contributed by atoms with E-state index < -0.39 is 0 Å². The van der Waals surface area contributed by atoms with Gasteiger partial charge in [0, 0.05) is 29.3 Å². The lowest BCUT2D eigenvalue weighted by Crippen LogP contribution is -2.44. The molecule has 5 nitrogen and oxygen atoms in total. The number of ether oxygens (including phenoxy) is 1. The topological polar surface area (TPSA) is 57.4 Å². The molecule has 2 aromatic carbocycles. The number of anilines is 1. The van der Waals surface area contributed by atoms with E-state index in [-0.39, 0.29) is 12.1 Å². The largest absolute Gasteiger partial charge is 0.370 e. The van der Waals surface area contributed by atoms with E-state index in [0.717, 1.165) is 28.6 Å². The first-order valence-corrected chi connectivity index (χ1v) is 9.06. The molecule has 26 heavy (non-hydrogen) atoms. The van der Waals surface area contributed by atoms with Crippen molar-refractivity contribution in [1.29, 1.82) is 0 Å². The monoisotopic (exact) mass is 349 g/mol. The molecule has 1 atom stereocenters. The van der Waals surface area contributed by atoms with Gasteiger partial charge in [0.05, 0.1) is 13.2 Å². The molecular weight excluding hydrogens is 326 g/mol. The number of aromatic amines is 1. The summed E-state index contributed by atoms with van der Waals surface area (Å²) in [5, 5.41) is 4.08. The number of fused-ring (bicyclic) bond motifs is 1. The second-order valence-electron chi connectivity index (χ2n) is 6.61. The van der Waals surface area contributed by atoms with Crippen molar-refractivity contribution < 1.29 is 9.53 Å². The molecule has 1 fully saturated rings. The van der Waals surface area contributed by atoms with Crippen LogP contribution in [0.2, 0.25) is 0 Å². The summed E-state index contributed by atoms with van der Waals surface area (Å²) in [4.78, 5) is 17.6. The average molecular weight is 349 g/mol. The minimum atomic E-state index is -0.0848. The summed E-state index contributed by atoms with van der Waals surface area (Å²) in [5.74, 6) is 0. The number of benzene rings is 2. The standard InChI is InChI=1S/C21H23N3O2/c1-2-15-3-5-16(6-4-15)20-14-24(11-12-26-20)21(25)23-18-7-8-19-17(13-18)9-10-22-19/h3-10,13,20,22H,2,11-12,14H2,1H3,(H,23,25). The molecule has 2 heterocycles. The lowest BCUT2D eigenvalue weighted by molar-refractivity contribution is -0.0135. The fourth-order valence-electron chi connectivity index (χ4n) is 3.34. The molecule has 1 aliphatic rings. The third-order valence-corrected chi connectivity index (χ3v) is 4.92. The third kappa shape index (κ3) is 3.44. The fourth-order valence-corrected chi connectivity index (χ4v) is 3.34. The number of hydrogen-bond donors (Lipinski definition) is 2. The molecule has 1 unspecified atom stereocenters. The number of aryl methyl sites for hydroxylation is 1. The van der Waals surface area contributed by atoms with E-state index in [2.05, 4.69) is 41.5 Å². The molecule has 1 aliphatic heterocycles. The maximum atomic E-state index is 12.7. The van der Waals surface area contributed by atoms with E-state index in [1.165, 1.54) is 5.56 Å². The molecular formula is C21H23N3O2. The second kappa shape index (κ2) is 7.22. The van der Waals surface area contributed by atoms with Crippen LogP contribution in [0.1, 0.15) is 24.2 Å². The highest BCUT2D eigenvalue weighted by Gasteiger charge is 2.25. The molecule has 2 amide bonds. The van der Waals surface area contributed by atoms with E-state index in [9.17, 15) is 4.79 Å². The first kappa shape index (κ1) is 16.7. The molecule has 4 rings (SSSR count). The quantitative estimate of drug-likeness (QED) is 0.739. The minimum Gasteiger partial charge on any atom is -0.370 e. The van der Waals surface area contributed by atoms with Crippen molar-refractivity contribution in [1.82, 2.24) is 9.88 Å². The van der Waals surface area contributed by atoms with E-state index >= 15 is 0 Å². The first-order chi connectivity index (χ1) is 12.7. The van der Waals surface area contributed by atoms with Gasteiger partial charge in [-0.1, -0.05) is 31.2 Å². The summed E-state index contributed by atoms with van der Waals surface area (Å²) in [5.41, 5.74) is 4.29. The molecule has 0 spiro atoms. The van der Waals surface area contributed by atoms with Gasteiger partial charge < -0.3 is 19.9 Å². The number of nitrogens with one attached hydrogen (secondary N) is 2. The van der Waals surface area contributed by atoms with Gasteiger partial charge in [-0.25, -0.2) is 4.79 Å². The van der Waals surface area contributed by atoms with Crippen LogP contribution >= 0.6 is 0 Å². The van der Waals surface area contributed by atoms with Crippen LogP contribution in [0, 0.1) is 0 Å². The number of hydrogen-bond acceptors (Lipinski definition) is 2. The van der Waals surface area contributed by atoms with Gasteiger partial charge in [0.25, 0.3) is 0 Å². The summed E-state index contributed by atoms with van der Waals surface area (Å²) in [7, 11) is 0. The average Bonchev–Trinajstić information content (AvgIpc) is 3.16. The van der Waals surface area contributed by atoms with Gasteiger partial charge in [-0.15, -0.1) is 0 Å². The van der Waals surface area contributed by atoms with Crippen molar-refractivity contribution in [3.8, 4) is 0 Å². The number of morpholine rings is 1. The van der Waals surface area contributed by atoms with E-state index in [1.54, 1.807) is 0 Å². The Hall–Kier alpha value is -2.79. The Kier molecular flexibility index (Phi) is 4.63. The SMILES string of the molecule is CCc1ccc(C2CN(C(=O)Nc3ccc4[nH]ccc4c3)CCO2)cc1. The van der Waals surface area contributed by atoms with Crippen LogP contribution in [0.25, 0.3) is 10.9 Å². The lowest BCUT2D eigenvalue weighted by Gasteiger charge is -2.33. The maximum absolute atomic E-state index is 12.7. The number of urea groups is 1. The highest BCUT2D eigenvalue weighted by molar-refractivity contribution is 5.92. The van der Waals surface area contributed by atoms with E-state index in [0.29, 0.717) is 19.7 Å². The molecule has 0 aliphatic carbocycles. The molecule has 2 N–H and O–H groups in total. The maximum Gasteiger partial charge on any atom is 0.322 e. The smallest absolute Gasteiger partial charge is 0.322 e. The van der Waals surface area contributed by atoms with Crippen LogP contribution in [0.3, 0.4) is 0 Å². The summed E-state index contributed by atoms with van der Waals surface area (Å²) in [6.07, 6.45) is 2.84. The zero-order chi connectivity index (χ0) is 17.9. The van der Waals surface area contributed by atoms with Gasteiger partial charge in [-0.2, -0.15) is 0 Å². The summed E-state index contributed by atoms with van der Waals surface area (Å²) in [6.45, 7) is 3.85. The number of carbonyl (C=O) groups is 1. The molecule has 0 saturated carbocycles. The van der Waals surface area contributed by atoms with Crippen LogP contribution in [-0.4, -0.2) is 35.6 Å². The van der Waals surface area contributed by atoms with Crippen molar-refractivity contribution in [2.24, 2.45) is 0 Å². The van der Waals surface area contributed by atoms with Gasteiger partial charge >= 0.3 is 6.03 Å². The lowest BCUT2D eigenvalue weighted by atomic mass is 10.0. The highest BCUT2D eigenvalue weighted by Crippen LogP contribution is 2.24. The van der Waals surface area contributed by atoms with Crippen LogP contribution < -0.4 is 5.32 Å². The Bertz CT molecular complexity index is 901. The predicted octanol–water partition coefficient (Wildman–Crippen LogP) is 4.34. The van der Waals surface area contributed by atoms with Gasteiger partial charge in [0.2, 0.25) is 0 Å². The summed E-state index contributed by atoms with van der Waals surface area (Å²) in [6, 6.07) is 16.2. The van der Waals surface area contributed by atoms with Gasteiger partial charge in [-0.05, 0) is 41.8 Å². The zero-order valence-corrected chi connectivity index (χ0v) is 14.9. The molecule has 134 valence electrons. The van der Waals surface area contributed by atoms with E-state index in [1.807, 2.05) is 35.4 Å². The summed E-state index contributed by atoms with van der Waals surface area (Å²) >= 11 is 0. The number of carbonyl (C=O) groups excluding carboxylic acids is 1. The number of rotatable bonds is 3. The highest BCUT2D eigenvalue weighted by atomic mass is 16.5. The van der Waals surface area contributed by atoms with Gasteiger partial charge in [0.1, 0.15) is 6.10 Å². The van der Waals surface area contributed by atoms with Crippen LogP contribution in [0.15, 0.2) is 54.7 Å². The zero-order valence-electron chi connectivity index (χ0n) is 14.9. The van der Waals surface area contributed by atoms with E-state index in [4.69, 9.17) is 4.74 Å². The molecule has 0 radical (unpaired) electrons.